The molecule has 3 aromatic rings. The number of nitrogens with one attached hydrogen (secondary N) is 1. The Balaban J connectivity index is 1.60. The second-order valence-corrected chi connectivity index (χ2v) is 8.17. The minimum atomic E-state index is 0.00525. The number of aliphatic imine (C=N–C) groups is 1. The molecule has 8 nitrogen and oxygen atoms in total. The molecule has 1 aromatic carbocycles. The molecule has 2 aromatic heterocycles. The van der Waals surface area contributed by atoms with Crippen LogP contribution in [0.5, 0.6) is 0 Å². The molecule has 31 heavy (non-hydrogen) atoms. The summed E-state index contributed by atoms with van der Waals surface area (Å²) < 4.78 is 10.8. The van der Waals surface area contributed by atoms with Crippen molar-refractivity contribution in [2.45, 2.75) is 45.9 Å². The molecule has 0 fully saturated rings. The van der Waals surface area contributed by atoms with E-state index in [1.807, 2.05) is 26.1 Å². The normalized spacial score (nSPS) is 12.7. The third-order valence-electron chi connectivity index (χ3n) is 4.81. The van der Waals surface area contributed by atoms with Gasteiger partial charge in [0.15, 0.2) is 11.8 Å². The number of guanidine groups is 1. The molecule has 0 bridgehead atoms. The number of nitrogens with zero attached hydrogens (tertiary/aromatic N) is 5. The molecule has 166 valence electrons. The molecule has 3 rings (SSSR count). The third kappa shape index (κ3) is 6.11. The summed E-state index contributed by atoms with van der Waals surface area (Å²) in [6.07, 6.45) is 1.81. The van der Waals surface area contributed by atoms with Gasteiger partial charge in [0.1, 0.15) is 11.1 Å². The Morgan fingerprint density at radius 3 is 2.94 bits per heavy atom. The van der Waals surface area contributed by atoms with Crippen LogP contribution >= 0.6 is 11.3 Å². The zero-order valence-corrected chi connectivity index (χ0v) is 19.6. The Kier molecular flexibility index (Phi) is 8.13. The highest BCUT2D eigenvalue weighted by Crippen LogP contribution is 2.21. The smallest absolute Gasteiger partial charge is 0.257 e. The standard InChI is InChI=1S/C22H30N6O2S/c1-6-8-19-26-20(30-27-19)17-10-7-9-16(11-17)12-24-22(23-3)28(4)13-18-14-31-21(25-18)15(2)29-5/h7,9-11,14-15H,6,8,12-13H2,1-5H3,(H,23,24). The highest BCUT2D eigenvalue weighted by atomic mass is 32.1. The van der Waals surface area contributed by atoms with E-state index >= 15 is 0 Å². The molecule has 0 aliphatic carbocycles. The highest BCUT2D eigenvalue weighted by molar-refractivity contribution is 7.09. The number of rotatable bonds is 9. The molecule has 0 amide bonds. The number of thiazole rings is 1. The number of methoxy groups -OCH3 is 1. The summed E-state index contributed by atoms with van der Waals surface area (Å²) >= 11 is 1.61. The second-order valence-electron chi connectivity index (χ2n) is 7.28. The zero-order chi connectivity index (χ0) is 22.2. The van der Waals surface area contributed by atoms with Crippen molar-refractivity contribution in [3.63, 3.8) is 0 Å². The summed E-state index contributed by atoms with van der Waals surface area (Å²) in [4.78, 5) is 15.6. The lowest BCUT2D eigenvalue weighted by atomic mass is 10.1. The monoisotopic (exact) mass is 442 g/mol. The van der Waals surface area contributed by atoms with Crippen molar-refractivity contribution in [1.29, 1.82) is 0 Å². The molecule has 2 heterocycles. The maximum Gasteiger partial charge on any atom is 0.257 e. The van der Waals surface area contributed by atoms with E-state index in [9.17, 15) is 0 Å². The van der Waals surface area contributed by atoms with E-state index < -0.39 is 0 Å². The highest BCUT2D eigenvalue weighted by Gasteiger charge is 2.13. The van der Waals surface area contributed by atoms with Gasteiger partial charge in [0.2, 0.25) is 0 Å². The fraction of sp³-hybridized carbons (Fsp3) is 0.455. The summed E-state index contributed by atoms with van der Waals surface area (Å²) in [6.45, 7) is 5.39. The average Bonchev–Trinajstić information content (AvgIpc) is 3.44. The van der Waals surface area contributed by atoms with Gasteiger partial charge >= 0.3 is 0 Å². The van der Waals surface area contributed by atoms with Crippen LogP contribution in [0, 0.1) is 0 Å². The van der Waals surface area contributed by atoms with E-state index in [0.29, 0.717) is 19.0 Å². The Bertz CT molecular complexity index is 999. The van der Waals surface area contributed by atoms with E-state index in [1.165, 1.54) is 0 Å². The molecule has 0 spiro atoms. The topological polar surface area (TPSA) is 88.7 Å². The maximum absolute atomic E-state index is 5.41. The van der Waals surface area contributed by atoms with Gasteiger partial charge in [-0.25, -0.2) is 4.98 Å². The lowest BCUT2D eigenvalue weighted by molar-refractivity contribution is 0.119. The van der Waals surface area contributed by atoms with E-state index in [2.05, 4.69) is 54.8 Å². The lowest BCUT2D eigenvalue weighted by Crippen LogP contribution is -2.38. The van der Waals surface area contributed by atoms with Crippen LogP contribution < -0.4 is 5.32 Å². The van der Waals surface area contributed by atoms with Crippen molar-refractivity contribution in [1.82, 2.24) is 25.3 Å². The summed E-state index contributed by atoms with van der Waals surface area (Å²) in [5.41, 5.74) is 3.02. The zero-order valence-electron chi connectivity index (χ0n) is 18.8. The lowest BCUT2D eigenvalue weighted by Gasteiger charge is -2.21. The number of aromatic nitrogens is 3. The van der Waals surface area contributed by atoms with Crippen molar-refractivity contribution in [3.05, 3.63) is 51.7 Å². The summed E-state index contributed by atoms with van der Waals surface area (Å²) in [5.74, 6) is 2.09. The van der Waals surface area contributed by atoms with Gasteiger partial charge in [-0.05, 0) is 31.0 Å². The van der Waals surface area contributed by atoms with E-state index in [1.54, 1.807) is 25.5 Å². The van der Waals surface area contributed by atoms with E-state index in [-0.39, 0.29) is 6.10 Å². The molecule has 0 radical (unpaired) electrons. The van der Waals surface area contributed by atoms with Gasteiger partial charge in [0.25, 0.3) is 5.89 Å². The number of ether oxygens (including phenoxy) is 1. The summed E-state index contributed by atoms with van der Waals surface area (Å²) in [7, 11) is 5.47. The molecule has 9 heteroatoms. The van der Waals surface area contributed by atoms with Gasteiger partial charge in [-0.3, -0.25) is 4.99 Å². The summed E-state index contributed by atoms with van der Waals surface area (Å²) in [5, 5.41) is 10.5. The van der Waals surface area contributed by atoms with Crippen molar-refractivity contribution >= 4 is 17.3 Å². The number of hydrogen-bond donors (Lipinski definition) is 1. The molecular formula is C22H30N6O2S. The van der Waals surface area contributed by atoms with Crippen molar-refractivity contribution in [2.24, 2.45) is 4.99 Å². The van der Waals surface area contributed by atoms with Crippen LogP contribution in [0.4, 0.5) is 0 Å². The summed E-state index contributed by atoms with van der Waals surface area (Å²) in [6, 6.07) is 8.10. The largest absolute Gasteiger partial charge is 0.375 e. The average molecular weight is 443 g/mol. The van der Waals surface area contributed by atoms with Crippen LogP contribution in [0.1, 0.15) is 48.5 Å². The third-order valence-corrected chi connectivity index (χ3v) is 5.86. The van der Waals surface area contributed by atoms with Crippen LogP contribution in [0.2, 0.25) is 0 Å². The van der Waals surface area contributed by atoms with Crippen LogP contribution in [-0.4, -0.2) is 47.2 Å². The number of hydrogen-bond acceptors (Lipinski definition) is 7. The number of aryl methyl sites for hydroxylation is 1. The number of benzene rings is 1. The van der Waals surface area contributed by atoms with Crippen LogP contribution in [-0.2, 0) is 24.2 Å². The predicted octanol–water partition coefficient (Wildman–Crippen LogP) is 4.06. The molecular weight excluding hydrogens is 412 g/mol. The van der Waals surface area contributed by atoms with Gasteiger partial charge in [-0.2, -0.15) is 4.98 Å². The van der Waals surface area contributed by atoms with Crippen molar-refractivity contribution in [2.75, 3.05) is 21.2 Å². The van der Waals surface area contributed by atoms with Gasteiger partial charge in [0.05, 0.1) is 12.2 Å². The first-order valence-corrected chi connectivity index (χ1v) is 11.2. The molecule has 1 N–H and O–H groups in total. The van der Waals surface area contributed by atoms with Crippen LogP contribution in [0.3, 0.4) is 0 Å². The Hall–Kier alpha value is -2.78. The fourth-order valence-electron chi connectivity index (χ4n) is 3.08. The Labute approximate surface area is 187 Å². The van der Waals surface area contributed by atoms with E-state index in [0.717, 1.165) is 46.5 Å². The minimum Gasteiger partial charge on any atom is -0.375 e. The molecule has 1 unspecified atom stereocenters. The van der Waals surface area contributed by atoms with Gasteiger partial charge < -0.3 is 19.5 Å². The van der Waals surface area contributed by atoms with Gasteiger partial charge in [0, 0.05) is 45.1 Å². The maximum atomic E-state index is 5.41. The van der Waals surface area contributed by atoms with Crippen LogP contribution in [0.15, 0.2) is 39.2 Å². The molecule has 0 aliphatic heterocycles. The minimum absolute atomic E-state index is 0.00525. The van der Waals surface area contributed by atoms with Crippen LogP contribution in [0.25, 0.3) is 11.5 Å². The Morgan fingerprint density at radius 2 is 2.19 bits per heavy atom. The molecule has 0 saturated carbocycles. The van der Waals surface area contributed by atoms with Crippen molar-refractivity contribution in [3.8, 4) is 11.5 Å². The Morgan fingerprint density at radius 1 is 1.35 bits per heavy atom. The quantitative estimate of drug-likeness (QED) is 0.395. The first-order chi connectivity index (χ1) is 15.0. The first-order valence-electron chi connectivity index (χ1n) is 10.3. The SMILES string of the molecule is CCCc1noc(-c2cccc(CNC(=NC)N(C)Cc3csc(C(C)OC)n3)c2)n1. The molecule has 0 saturated heterocycles. The molecule has 0 aliphatic rings. The molecule has 1 atom stereocenters. The van der Waals surface area contributed by atoms with Gasteiger partial charge in [-0.1, -0.05) is 24.2 Å². The fourth-order valence-corrected chi connectivity index (χ4v) is 3.92. The van der Waals surface area contributed by atoms with Gasteiger partial charge in [-0.15, -0.1) is 11.3 Å². The second kappa shape index (κ2) is 11.0. The predicted molar refractivity (Wildman–Crippen MR) is 123 cm³/mol. The first kappa shape index (κ1) is 22.9. The van der Waals surface area contributed by atoms with Crippen molar-refractivity contribution < 1.29 is 9.26 Å². The van der Waals surface area contributed by atoms with E-state index in [4.69, 9.17) is 9.26 Å².